The van der Waals surface area contributed by atoms with Gasteiger partial charge in [0, 0.05) is 17.5 Å². The van der Waals surface area contributed by atoms with Crippen molar-refractivity contribution in [3.8, 4) is 22.8 Å². The number of hydrogen-bond donors (Lipinski definition) is 1. The number of carbonyl (C=O) groups excluding carboxylic acids is 1. The van der Waals surface area contributed by atoms with Gasteiger partial charge in [-0.25, -0.2) is 8.78 Å². The zero-order chi connectivity index (χ0) is 21.3. The summed E-state index contributed by atoms with van der Waals surface area (Å²) >= 11 is 0. The van der Waals surface area contributed by atoms with Crippen molar-refractivity contribution in [3.63, 3.8) is 0 Å². The summed E-state index contributed by atoms with van der Waals surface area (Å²) in [6.07, 6.45) is 0. The number of amides is 1. The highest BCUT2D eigenvalue weighted by molar-refractivity contribution is 6.05. The average molecular weight is 410 g/mol. The molecule has 0 aliphatic heterocycles. The second kappa shape index (κ2) is 7.86. The lowest BCUT2D eigenvalue weighted by molar-refractivity contribution is 0.101. The first-order valence-corrected chi connectivity index (χ1v) is 9.09. The molecule has 0 unspecified atom stereocenters. The van der Waals surface area contributed by atoms with Gasteiger partial charge in [-0.2, -0.15) is 4.98 Å². The molecule has 9 heteroatoms. The molecule has 4 rings (SSSR count). The fourth-order valence-corrected chi connectivity index (χ4v) is 2.71. The molecule has 4 aromatic rings. The van der Waals surface area contributed by atoms with E-state index < -0.39 is 17.5 Å². The number of anilines is 1. The molecule has 2 aromatic heterocycles. The summed E-state index contributed by atoms with van der Waals surface area (Å²) in [6, 6.07) is 11.6. The van der Waals surface area contributed by atoms with Gasteiger partial charge in [0.2, 0.25) is 0 Å². The summed E-state index contributed by atoms with van der Waals surface area (Å²) in [5, 5.41) is 10.4. The van der Waals surface area contributed by atoms with Gasteiger partial charge in [0.15, 0.2) is 28.9 Å². The van der Waals surface area contributed by atoms with E-state index in [1.165, 1.54) is 12.1 Å². The lowest BCUT2D eigenvalue weighted by Gasteiger charge is -2.06. The van der Waals surface area contributed by atoms with Gasteiger partial charge in [-0.1, -0.05) is 36.3 Å². The van der Waals surface area contributed by atoms with Crippen LogP contribution in [0.25, 0.3) is 22.8 Å². The zero-order valence-corrected chi connectivity index (χ0v) is 16.0. The number of nitrogens with one attached hydrogen (secondary N) is 1. The molecule has 2 heterocycles. The summed E-state index contributed by atoms with van der Waals surface area (Å²) in [4.78, 5) is 17.0. The lowest BCUT2D eigenvalue weighted by atomic mass is 10.1. The number of benzene rings is 2. The van der Waals surface area contributed by atoms with Crippen LogP contribution in [-0.4, -0.2) is 21.2 Å². The number of carbonyl (C=O) groups is 1. The van der Waals surface area contributed by atoms with E-state index in [2.05, 4.69) is 20.6 Å². The fourth-order valence-electron chi connectivity index (χ4n) is 2.71. The van der Waals surface area contributed by atoms with Crippen LogP contribution < -0.4 is 5.32 Å². The molecule has 0 radical (unpaired) electrons. The maximum Gasteiger partial charge on any atom is 0.277 e. The van der Waals surface area contributed by atoms with Crippen LogP contribution >= 0.6 is 0 Å². The molecule has 1 amide bonds. The van der Waals surface area contributed by atoms with Crippen molar-refractivity contribution in [2.75, 3.05) is 5.32 Å². The normalized spacial score (nSPS) is 11.1. The first-order chi connectivity index (χ1) is 14.4. The standard InChI is InChI=1S/C21H16F2N4O3/c1-11(2)19-25-21(30-27-19)13-5-3-4-6-16(13)24-20(28)17-10-18(29-26-17)12-7-8-14(22)15(23)9-12/h3-11H,1-2H3,(H,24,28). The number of nitrogens with zero attached hydrogens (tertiary/aromatic N) is 3. The number of para-hydroxylation sites is 1. The van der Waals surface area contributed by atoms with Crippen molar-refractivity contribution in [2.45, 2.75) is 19.8 Å². The van der Waals surface area contributed by atoms with E-state index in [0.29, 0.717) is 17.1 Å². The highest BCUT2D eigenvalue weighted by atomic mass is 19.2. The molecule has 0 fully saturated rings. The van der Waals surface area contributed by atoms with E-state index in [1.54, 1.807) is 24.3 Å². The van der Waals surface area contributed by atoms with Crippen molar-refractivity contribution in [1.82, 2.24) is 15.3 Å². The van der Waals surface area contributed by atoms with E-state index in [1.807, 2.05) is 13.8 Å². The SMILES string of the molecule is CC(C)c1noc(-c2ccccc2NC(=O)c2cc(-c3ccc(F)c(F)c3)on2)n1. The van der Waals surface area contributed by atoms with Gasteiger partial charge in [0.1, 0.15) is 0 Å². The monoisotopic (exact) mass is 410 g/mol. The summed E-state index contributed by atoms with van der Waals surface area (Å²) < 4.78 is 37.0. The zero-order valence-electron chi connectivity index (χ0n) is 16.0. The van der Waals surface area contributed by atoms with Crippen LogP contribution in [0, 0.1) is 11.6 Å². The number of halogens is 2. The molecule has 0 aliphatic carbocycles. The third-order valence-electron chi connectivity index (χ3n) is 4.31. The third-order valence-corrected chi connectivity index (χ3v) is 4.31. The Morgan fingerprint density at radius 3 is 2.53 bits per heavy atom. The van der Waals surface area contributed by atoms with Crippen LogP contribution in [0.5, 0.6) is 0 Å². The van der Waals surface area contributed by atoms with Gasteiger partial charge in [-0.05, 0) is 30.3 Å². The molecular formula is C21H16F2N4O3. The van der Waals surface area contributed by atoms with Gasteiger partial charge in [-0.15, -0.1) is 0 Å². The van der Waals surface area contributed by atoms with Crippen LogP contribution in [0.2, 0.25) is 0 Å². The molecule has 0 saturated heterocycles. The molecular weight excluding hydrogens is 394 g/mol. The Labute approximate surface area is 169 Å². The molecule has 1 N–H and O–H groups in total. The molecule has 7 nitrogen and oxygen atoms in total. The maximum atomic E-state index is 13.4. The van der Waals surface area contributed by atoms with E-state index in [-0.39, 0.29) is 28.8 Å². The van der Waals surface area contributed by atoms with Crippen LogP contribution in [0.3, 0.4) is 0 Å². The Hall–Kier alpha value is -3.88. The average Bonchev–Trinajstić information content (AvgIpc) is 3.40. The van der Waals surface area contributed by atoms with Crippen molar-refractivity contribution in [1.29, 1.82) is 0 Å². The fraction of sp³-hybridized carbons (Fsp3) is 0.143. The van der Waals surface area contributed by atoms with E-state index in [0.717, 1.165) is 12.1 Å². The van der Waals surface area contributed by atoms with Crippen LogP contribution in [-0.2, 0) is 0 Å². The summed E-state index contributed by atoms with van der Waals surface area (Å²) in [6.45, 7) is 3.88. The van der Waals surface area contributed by atoms with Crippen molar-refractivity contribution >= 4 is 11.6 Å². The molecule has 0 saturated carbocycles. The van der Waals surface area contributed by atoms with Crippen LogP contribution in [0.4, 0.5) is 14.5 Å². The molecule has 2 aromatic carbocycles. The minimum Gasteiger partial charge on any atom is -0.355 e. The van der Waals surface area contributed by atoms with E-state index >= 15 is 0 Å². The minimum absolute atomic E-state index is 0.0297. The summed E-state index contributed by atoms with van der Waals surface area (Å²) in [7, 11) is 0. The molecule has 0 atom stereocenters. The van der Waals surface area contributed by atoms with Crippen molar-refractivity contribution in [2.24, 2.45) is 0 Å². The van der Waals surface area contributed by atoms with Crippen LogP contribution in [0.1, 0.15) is 36.1 Å². The molecule has 0 spiro atoms. The highest BCUT2D eigenvalue weighted by Crippen LogP contribution is 2.28. The second-order valence-corrected chi connectivity index (χ2v) is 6.82. The Kier molecular flexibility index (Phi) is 5.09. The molecule has 0 aliphatic rings. The van der Waals surface area contributed by atoms with Gasteiger partial charge in [0.05, 0.1) is 11.3 Å². The van der Waals surface area contributed by atoms with Gasteiger partial charge < -0.3 is 14.4 Å². The first kappa shape index (κ1) is 19.4. The van der Waals surface area contributed by atoms with Gasteiger partial charge in [0.25, 0.3) is 11.8 Å². The second-order valence-electron chi connectivity index (χ2n) is 6.82. The predicted molar refractivity (Wildman–Crippen MR) is 104 cm³/mol. The van der Waals surface area contributed by atoms with E-state index in [9.17, 15) is 13.6 Å². The Balaban J connectivity index is 1.58. The minimum atomic E-state index is -1.02. The number of rotatable bonds is 5. The smallest absolute Gasteiger partial charge is 0.277 e. The van der Waals surface area contributed by atoms with Gasteiger partial charge >= 0.3 is 0 Å². The first-order valence-electron chi connectivity index (χ1n) is 9.09. The lowest BCUT2D eigenvalue weighted by Crippen LogP contribution is -2.12. The Morgan fingerprint density at radius 2 is 1.80 bits per heavy atom. The van der Waals surface area contributed by atoms with Crippen LogP contribution in [0.15, 0.2) is 57.6 Å². The number of hydrogen-bond acceptors (Lipinski definition) is 6. The predicted octanol–water partition coefficient (Wildman–Crippen LogP) is 5.05. The summed E-state index contributed by atoms with van der Waals surface area (Å²) in [5.41, 5.74) is 1.22. The molecule has 0 bridgehead atoms. The largest absolute Gasteiger partial charge is 0.355 e. The van der Waals surface area contributed by atoms with Gasteiger partial charge in [-0.3, -0.25) is 4.79 Å². The Morgan fingerprint density at radius 1 is 1.00 bits per heavy atom. The maximum absolute atomic E-state index is 13.4. The van der Waals surface area contributed by atoms with Crippen molar-refractivity contribution in [3.05, 3.63) is 71.7 Å². The Bertz CT molecular complexity index is 1220. The summed E-state index contributed by atoms with van der Waals surface area (Å²) in [5.74, 6) is -1.50. The van der Waals surface area contributed by atoms with Crippen molar-refractivity contribution < 1.29 is 22.6 Å². The number of aromatic nitrogens is 3. The third kappa shape index (κ3) is 3.82. The molecule has 152 valence electrons. The molecule has 30 heavy (non-hydrogen) atoms. The quantitative estimate of drug-likeness (QED) is 0.495. The van der Waals surface area contributed by atoms with E-state index in [4.69, 9.17) is 9.05 Å². The topological polar surface area (TPSA) is 94.1 Å². The highest BCUT2D eigenvalue weighted by Gasteiger charge is 2.19.